The number of nitrogens with zero attached hydrogens (tertiary/aromatic N) is 1. The first-order chi connectivity index (χ1) is 8.16. The van der Waals surface area contributed by atoms with Gasteiger partial charge >= 0.3 is 0 Å². The van der Waals surface area contributed by atoms with E-state index < -0.39 is 0 Å². The Bertz CT molecular complexity index is 539. The first-order valence-corrected chi connectivity index (χ1v) is 7.05. The summed E-state index contributed by atoms with van der Waals surface area (Å²) in [5.41, 5.74) is 2.71. The lowest BCUT2D eigenvalue weighted by Gasteiger charge is -2.05. The van der Waals surface area contributed by atoms with E-state index in [0.717, 1.165) is 14.1 Å². The van der Waals surface area contributed by atoms with Gasteiger partial charge in [0.2, 0.25) is 0 Å². The minimum Gasteiger partial charge on any atom is -0.346 e. The van der Waals surface area contributed by atoms with E-state index in [1.165, 1.54) is 0 Å². The Morgan fingerprint density at radius 2 is 2.41 bits per heavy atom. The molecule has 17 heavy (non-hydrogen) atoms. The van der Waals surface area contributed by atoms with Gasteiger partial charge in [-0.15, -0.1) is 11.3 Å². The SMILES string of the molecule is Cc1cccnc1CNC(=O)c1csc(I)c1. The van der Waals surface area contributed by atoms with Crippen LogP contribution in [0.4, 0.5) is 0 Å². The van der Waals surface area contributed by atoms with Gasteiger partial charge in [-0.25, -0.2) is 0 Å². The third-order valence-corrected chi connectivity index (χ3v) is 4.15. The van der Waals surface area contributed by atoms with E-state index in [1.807, 2.05) is 30.5 Å². The molecule has 0 saturated carbocycles. The van der Waals surface area contributed by atoms with Crippen molar-refractivity contribution < 1.29 is 4.79 Å². The van der Waals surface area contributed by atoms with Crippen LogP contribution in [0.3, 0.4) is 0 Å². The molecular weight excluding hydrogens is 347 g/mol. The Kier molecular flexibility index (Phi) is 4.11. The number of hydrogen-bond acceptors (Lipinski definition) is 3. The molecule has 0 spiro atoms. The number of carbonyl (C=O) groups excluding carboxylic acids is 1. The molecule has 0 radical (unpaired) electrons. The predicted octanol–water partition coefficient (Wildman–Crippen LogP) is 2.99. The van der Waals surface area contributed by atoms with Crippen molar-refractivity contribution in [3.63, 3.8) is 0 Å². The average Bonchev–Trinajstić information content (AvgIpc) is 2.74. The Morgan fingerprint density at radius 1 is 1.59 bits per heavy atom. The van der Waals surface area contributed by atoms with E-state index in [-0.39, 0.29) is 5.91 Å². The Labute approximate surface area is 117 Å². The van der Waals surface area contributed by atoms with Crippen molar-refractivity contribution in [1.82, 2.24) is 10.3 Å². The molecule has 2 aromatic heterocycles. The maximum absolute atomic E-state index is 11.8. The fourth-order valence-electron chi connectivity index (χ4n) is 1.40. The van der Waals surface area contributed by atoms with E-state index in [2.05, 4.69) is 32.9 Å². The zero-order chi connectivity index (χ0) is 12.3. The number of rotatable bonds is 3. The van der Waals surface area contributed by atoms with Gasteiger partial charge in [0.25, 0.3) is 5.91 Å². The zero-order valence-electron chi connectivity index (χ0n) is 9.24. The van der Waals surface area contributed by atoms with Crippen molar-refractivity contribution in [2.75, 3.05) is 0 Å². The number of hydrogen-bond donors (Lipinski definition) is 1. The number of thiophene rings is 1. The fourth-order valence-corrected chi connectivity index (χ4v) is 2.73. The standard InChI is InChI=1S/C12H11IN2OS/c1-8-3-2-4-14-10(8)6-15-12(16)9-5-11(13)17-7-9/h2-5,7H,6H2,1H3,(H,15,16). The van der Waals surface area contributed by atoms with Crippen LogP contribution in [0.15, 0.2) is 29.8 Å². The van der Waals surface area contributed by atoms with E-state index >= 15 is 0 Å². The number of aromatic nitrogens is 1. The number of halogens is 1. The normalized spacial score (nSPS) is 10.2. The molecule has 0 unspecified atom stereocenters. The third-order valence-electron chi connectivity index (χ3n) is 2.36. The molecule has 3 nitrogen and oxygen atoms in total. The molecule has 0 aromatic carbocycles. The number of pyridine rings is 1. The highest BCUT2D eigenvalue weighted by Gasteiger charge is 2.08. The lowest BCUT2D eigenvalue weighted by atomic mass is 10.2. The Balaban J connectivity index is 1.99. The lowest BCUT2D eigenvalue weighted by Crippen LogP contribution is -2.23. The van der Waals surface area contributed by atoms with Gasteiger partial charge in [-0.2, -0.15) is 0 Å². The highest BCUT2D eigenvalue weighted by atomic mass is 127. The molecule has 88 valence electrons. The van der Waals surface area contributed by atoms with Gasteiger partial charge in [0.05, 0.1) is 20.7 Å². The smallest absolute Gasteiger partial charge is 0.252 e. The van der Waals surface area contributed by atoms with E-state index in [0.29, 0.717) is 12.1 Å². The van der Waals surface area contributed by atoms with Crippen LogP contribution in [0, 0.1) is 9.81 Å². The Morgan fingerprint density at radius 3 is 3.06 bits per heavy atom. The van der Waals surface area contributed by atoms with Crippen molar-refractivity contribution in [2.45, 2.75) is 13.5 Å². The number of nitrogens with one attached hydrogen (secondary N) is 1. The monoisotopic (exact) mass is 358 g/mol. The molecule has 0 fully saturated rings. The molecule has 2 aromatic rings. The predicted molar refractivity (Wildman–Crippen MR) is 77.2 cm³/mol. The molecule has 1 amide bonds. The molecule has 0 aliphatic heterocycles. The first kappa shape index (κ1) is 12.5. The van der Waals surface area contributed by atoms with Crippen LogP contribution in [0.2, 0.25) is 0 Å². The zero-order valence-corrected chi connectivity index (χ0v) is 12.2. The summed E-state index contributed by atoms with van der Waals surface area (Å²) in [7, 11) is 0. The third kappa shape index (κ3) is 3.26. The van der Waals surface area contributed by atoms with E-state index in [9.17, 15) is 4.79 Å². The first-order valence-electron chi connectivity index (χ1n) is 5.09. The molecule has 5 heteroatoms. The summed E-state index contributed by atoms with van der Waals surface area (Å²) in [5.74, 6) is -0.0470. The molecule has 2 rings (SSSR count). The van der Waals surface area contributed by atoms with Gasteiger partial charge in [0, 0.05) is 11.6 Å². The molecule has 0 aliphatic rings. The number of aryl methyl sites for hydroxylation is 1. The van der Waals surface area contributed by atoms with Crippen molar-refractivity contribution >= 4 is 39.8 Å². The second kappa shape index (κ2) is 5.59. The Hall–Kier alpha value is -0.950. The summed E-state index contributed by atoms with van der Waals surface area (Å²) in [6.07, 6.45) is 1.74. The van der Waals surface area contributed by atoms with Crippen LogP contribution in [-0.4, -0.2) is 10.9 Å². The second-order valence-corrected chi connectivity index (χ2v) is 6.39. The van der Waals surface area contributed by atoms with Gasteiger partial charge in [0.15, 0.2) is 0 Å². The van der Waals surface area contributed by atoms with Crippen molar-refractivity contribution in [2.24, 2.45) is 0 Å². The molecule has 2 heterocycles. The van der Waals surface area contributed by atoms with Crippen molar-refractivity contribution in [3.8, 4) is 0 Å². The summed E-state index contributed by atoms with van der Waals surface area (Å²) in [4.78, 5) is 16.0. The van der Waals surface area contributed by atoms with Crippen molar-refractivity contribution in [3.05, 3.63) is 49.5 Å². The largest absolute Gasteiger partial charge is 0.346 e. The molecule has 0 bridgehead atoms. The summed E-state index contributed by atoms with van der Waals surface area (Å²) >= 11 is 3.77. The van der Waals surface area contributed by atoms with Gasteiger partial charge in [0.1, 0.15) is 0 Å². The maximum Gasteiger partial charge on any atom is 0.252 e. The molecular formula is C12H11IN2OS. The van der Waals surface area contributed by atoms with Gasteiger partial charge < -0.3 is 5.32 Å². The highest BCUT2D eigenvalue weighted by Crippen LogP contribution is 2.16. The fraction of sp³-hybridized carbons (Fsp3) is 0.167. The van der Waals surface area contributed by atoms with E-state index in [4.69, 9.17) is 0 Å². The van der Waals surface area contributed by atoms with E-state index in [1.54, 1.807) is 17.5 Å². The number of carbonyl (C=O) groups is 1. The van der Waals surface area contributed by atoms with Crippen LogP contribution in [0.1, 0.15) is 21.6 Å². The summed E-state index contributed by atoms with van der Waals surface area (Å²) in [6, 6.07) is 5.76. The van der Waals surface area contributed by atoms with Crippen LogP contribution in [0.25, 0.3) is 0 Å². The van der Waals surface area contributed by atoms with Gasteiger partial charge in [-0.1, -0.05) is 6.07 Å². The van der Waals surface area contributed by atoms with Crippen LogP contribution in [0.5, 0.6) is 0 Å². The average molecular weight is 358 g/mol. The van der Waals surface area contributed by atoms with Crippen molar-refractivity contribution in [1.29, 1.82) is 0 Å². The molecule has 0 aliphatic carbocycles. The maximum atomic E-state index is 11.8. The lowest BCUT2D eigenvalue weighted by molar-refractivity contribution is 0.0951. The summed E-state index contributed by atoms with van der Waals surface area (Å²) < 4.78 is 1.11. The summed E-state index contributed by atoms with van der Waals surface area (Å²) in [6.45, 7) is 2.46. The van der Waals surface area contributed by atoms with Gasteiger partial charge in [-0.05, 0) is 47.2 Å². The molecule has 1 N–H and O–H groups in total. The minimum absolute atomic E-state index is 0.0470. The second-order valence-electron chi connectivity index (χ2n) is 3.59. The van der Waals surface area contributed by atoms with Crippen LogP contribution in [-0.2, 0) is 6.54 Å². The minimum atomic E-state index is -0.0470. The number of amides is 1. The quantitative estimate of drug-likeness (QED) is 0.858. The topological polar surface area (TPSA) is 42.0 Å². The van der Waals surface area contributed by atoms with Gasteiger partial charge in [-0.3, -0.25) is 9.78 Å². The van der Waals surface area contributed by atoms with Crippen LogP contribution >= 0.6 is 33.9 Å². The molecule has 0 saturated heterocycles. The highest BCUT2D eigenvalue weighted by molar-refractivity contribution is 14.1. The van der Waals surface area contributed by atoms with Crippen LogP contribution < -0.4 is 5.32 Å². The molecule has 0 atom stereocenters. The summed E-state index contributed by atoms with van der Waals surface area (Å²) in [5, 5.41) is 4.73.